The van der Waals surface area contributed by atoms with Crippen molar-refractivity contribution >= 4 is 16.8 Å². The third-order valence-corrected chi connectivity index (χ3v) is 4.60. The molecule has 1 fully saturated rings. The first-order valence-corrected chi connectivity index (χ1v) is 8.74. The molecule has 1 unspecified atom stereocenters. The van der Waals surface area contributed by atoms with Crippen molar-refractivity contribution in [2.24, 2.45) is 5.92 Å². The third kappa shape index (κ3) is 4.49. The number of halogens is 3. The van der Waals surface area contributed by atoms with Crippen LogP contribution in [-0.2, 0) is 0 Å². The molecule has 1 aliphatic rings. The molecule has 0 aliphatic carbocycles. The van der Waals surface area contributed by atoms with E-state index in [4.69, 9.17) is 0 Å². The highest BCUT2D eigenvalue weighted by Gasteiger charge is 2.31. The monoisotopic (exact) mass is 369 g/mol. The van der Waals surface area contributed by atoms with Gasteiger partial charge in [0.15, 0.2) is 0 Å². The van der Waals surface area contributed by atoms with Crippen LogP contribution in [0.3, 0.4) is 0 Å². The number of aromatic amines is 1. The Bertz CT molecular complexity index is 767. The highest BCUT2D eigenvalue weighted by molar-refractivity contribution is 5.98. The Morgan fingerprint density at radius 2 is 2.15 bits per heavy atom. The van der Waals surface area contributed by atoms with Crippen molar-refractivity contribution in [3.8, 4) is 5.75 Å². The standard InChI is InChI=1S/C18H22F3N3O2/c1-2-24(11-12-4-3-7-22-10-12)17(25)16-9-13-8-14(26-18(19,20)21)5-6-15(13)23-16/h5-6,8-9,12,22-23H,2-4,7,10-11H2,1H3. The van der Waals surface area contributed by atoms with Gasteiger partial charge in [-0.1, -0.05) is 0 Å². The molecule has 0 saturated carbocycles. The number of amides is 1. The number of alkyl halides is 3. The molecule has 1 atom stereocenters. The van der Waals surface area contributed by atoms with Crippen molar-refractivity contribution in [2.45, 2.75) is 26.1 Å². The summed E-state index contributed by atoms with van der Waals surface area (Å²) in [7, 11) is 0. The zero-order chi connectivity index (χ0) is 18.7. The summed E-state index contributed by atoms with van der Waals surface area (Å²) in [5, 5.41) is 3.84. The number of H-pyrrole nitrogens is 1. The molecule has 1 saturated heterocycles. The molecule has 5 nitrogen and oxygen atoms in total. The number of hydrogen-bond acceptors (Lipinski definition) is 3. The second-order valence-corrected chi connectivity index (χ2v) is 6.54. The lowest BCUT2D eigenvalue weighted by Gasteiger charge is -2.29. The normalized spacial score (nSPS) is 18.1. The largest absolute Gasteiger partial charge is 0.573 e. The van der Waals surface area contributed by atoms with Crippen LogP contribution in [-0.4, -0.2) is 48.3 Å². The Balaban J connectivity index is 1.76. The van der Waals surface area contributed by atoms with Crippen LogP contribution in [0, 0.1) is 5.92 Å². The van der Waals surface area contributed by atoms with Gasteiger partial charge in [-0.2, -0.15) is 0 Å². The summed E-state index contributed by atoms with van der Waals surface area (Å²) in [6.45, 7) is 5.08. The smallest absolute Gasteiger partial charge is 0.406 e. The number of rotatable bonds is 5. The van der Waals surface area contributed by atoms with Gasteiger partial charge in [0.2, 0.25) is 0 Å². The summed E-state index contributed by atoms with van der Waals surface area (Å²) in [6.07, 6.45) is -2.55. The number of fused-ring (bicyclic) bond motifs is 1. The van der Waals surface area contributed by atoms with E-state index >= 15 is 0 Å². The molecule has 142 valence electrons. The predicted octanol–water partition coefficient (Wildman–Crippen LogP) is 3.53. The fourth-order valence-electron chi connectivity index (χ4n) is 3.34. The van der Waals surface area contributed by atoms with Crippen LogP contribution in [0.1, 0.15) is 30.3 Å². The van der Waals surface area contributed by atoms with E-state index in [-0.39, 0.29) is 11.7 Å². The quantitative estimate of drug-likeness (QED) is 0.848. The first kappa shape index (κ1) is 18.6. The summed E-state index contributed by atoms with van der Waals surface area (Å²) in [6, 6.07) is 5.56. The van der Waals surface area contributed by atoms with Crippen LogP contribution in [0.4, 0.5) is 13.2 Å². The Labute approximate surface area is 149 Å². The number of benzene rings is 1. The van der Waals surface area contributed by atoms with Gasteiger partial charge in [-0.15, -0.1) is 13.2 Å². The number of nitrogens with zero attached hydrogens (tertiary/aromatic N) is 1. The van der Waals surface area contributed by atoms with Gasteiger partial charge in [0.1, 0.15) is 11.4 Å². The summed E-state index contributed by atoms with van der Waals surface area (Å²) < 4.78 is 41.0. The van der Waals surface area contributed by atoms with E-state index in [1.165, 1.54) is 18.2 Å². The van der Waals surface area contributed by atoms with Crippen molar-refractivity contribution in [3.63, 3.8) is 0 Å². The second-order valence-electron chi connectivity index (χ2n) is 6.54. The number of hydrogen-bond donors (Lipinski definition) is 2. The number of aromatic nitrogens is 1. The number of carbonyl (C=O) groups is 1. The van der Waals surface area contributed by atoms with E-state index in [2.05, 4.69) is 15.0 Å². The zero-order valence-corrected chi connectivity index (χ0v) is 14.5. The molecular formula is C18H22F3N3O2. The average molecular weight is 369 g/mol. The Kier molecular flexibility index (Phi) is 5.41. The first-order valence-electron chi connectivity index (χ1n) is 8.74. The molecule has 3 rings (SSSR count). The van der Waals surface area contributed by atoms with Gasteiger partial charge in [0, 0.05) is 24.0 Å². The molecule has 2 aromatic rings. The fraction of sp³-hybridized carbons (Fsp3) is 0.500. The topological polar surface area (TPSA) is 57.4 Å². The van der Waals surface area contributed by atoms with Gasteiger partial charge in [-0.25, -0.2) is 0 Å². The van der Waals surface area contributed by atoms with Gasteiger partial charge in [0.05, 0.1) is 0 Å². The molecule has 0 spiro atoms. The lowest BCUT2D eigenvalue weighted by Crippen LogP contribution is -2.41. The molecular weight excluding hydrogens is 347 g/mol. The first-order chi connectivity index (χ1) is 12.4. The van der Waals surface area contributed by atoms with Crippen LogP contribution < -0.4 is 10.1 Å². The summed E-state index contributed by atoms with van der Waals surface area (Å²) in [4.78, 5) is 17.6. The Morgan fingerprint density at radius 3 is 2.81 bits per heavy atom. The molecule has 1 aliphatic heterocycles. The van der Waals surface area contributed by atoms with Gasteiger partial charge in [-0.05, 0) is 63.0 Å². The Morgan fingerprint density at radius 1 is 1.35 bits per heavy atom. The van der Waals surface area contributed by atoms with Crippen molar-refractivity contribution in [1.82, 2.24) is 15.2 Å². The predicted molar refractivity (Wildman–Crippen MR) is 92.2 cm³/mol. The maximum absolute atomic E-state index is 12.8. The summed E-state index contributed by atoms with van der Waals surface area (Å²) >= 11 is 0. The molecule has 1 amide bonds. The second kappa shape index (κ2) is 7.57. The Hall–Kier alpha value is -2.22. The van der Waals surface area contributed by atoms with Crippen LogP contribution in [0.2, 0.25) is 0 Å². The average Bonchev–Trinajstić information content (AvgIpc) is 3.02. The number of ether oxygens (including phenoxy) is 1. The lowest BCUT2D eigenvalue weighted by molar-refractivity contribution is -0.274. The van der Waals surface area contributed by atoms with E-state index < -0.39 is 6.36 Å². The van der Waals surface area contributed by atoms with E-state index in [9.17, 15) is 18.0 Å². The number of piperidine rings is 1. The highest BCUT2D eigenvalue weighted by Crippen LogP contribution is 2.27. The van der Waals surface area contributed by atoms with Crippen LogP contribution in [0.15, 0.2) is 24.3 Å². The van der Waals surface area contributed by atoms with Crippen molar-refractivity contribution in [2.75, 3.05) is 26.2 Å². The van der Waals surface area contributed by atoms with Crippen LogP contribution >= 0.6 is 0 Å². The van der Waals surface area contributed by atoms with E-state index in [0.29, 0.717) is 35.6 Å². The van der Waals surface area contributed by atoms with Crippen LogP contribution in [0.25, 0.3) is 10.9 Å². The molecule has 0 bridgehead atoms. The van der Waals surface area contributed by atoms with Gasteiger partial charge in [-0.3, -0.25) is 4.79 Å². The third-order valence-electron chi connectivity index (χ3n) is 4.60. The minimum absolute atomic E-state index is 0.146. The molecule has 1 aromatic heterocycles. The van der Waals surface area contributed by atoms with Gasteiger partial charge in [0.25, 0.3) is 5.91 Å². The van der Waals surface area contributed by atoms with E-state index in [1.54, 1.807) is 11.0 Å². The maximum Gasteiger partial charge on any atom is 0.573 e. The van der Waals surface area contributed by atoms with Gasteiger partial charge < -0.3 is 19.9 Å². The van der Waals surface area contributed by atoms with Gasteiger partial charge >= 0.3 is 6.36 Å². The number of carbonyl (C=O) groups excluding carboxylic acids is 1. The van der Waals surface area contributed by atoms with Crippen molar-refractivity contribution in [1.29, 1.82) is 0 Å². The molecule has 26 heavy (non-hydrogen) atoms. The van der Waals surface area contributed by atoms with Crippen LogP contribution in [0.5, 0.6) is 5.75 Å². The van der Waals surface area contributed by atoms with E-state index in [0.717, 1.165) is 25.9 Å². The summed E-state index contributed by atoms with van der Waals surface area (Å²) in [5.41, 5.74) is 0.966. The highest BCUT2D eigenvalue weighted by atomic mass is 19.4. The minimum atomic E-state index is -4.74. The molecule has 1 aromatic carbocycles. The molecule has 0 radical (unpaired) electrons. The minimum Gasteiger partial charge on any atom is -0.406 e. The lowest BCUT2D eigenvalue weighted by atomic mass is 9.99. The maximum atomic E-state index is 12.8. The zero-order valence-electron chi connectivity index (χ0n) is 14.5. The number of nitrogens with one attached hydrogen (secondary N) is 2. The molecule has 2 N–H and O–H groups in total. The van der Waals surface area contributed by atoms with E-state index in [1.807, 2.05) is 6.92 Å². The molecule has 2 heterocycles. The summed E-state index contributed by atoms with van der Waals surface area (Å²) in [5.74, 6) is -0.0278. The van der Waals surface area contributed by atoms with Crippen molar-refractivity contribution < 1.29 is 22.7 Å². The van der Waals surface area contributed by atoms with Crippen molar-refractivity contribution in [3.05, 3.63) is 30.0 Å². The fourth-order valence-corrected chi connectivity index (χ4v) is 3.34. The molecule has 8 heteroatoms. The SMILES string of the molecule is CCN(CC1CCCNC1)C(=O)c1cc2cc(OC(F)(F)F)ccc2[nH]1.